The third kappa shape index (κ3) is 7.15. The molecule has 0 unspecified atom stereocenters. The topological polar surface area (TPSA) is 64.6 Å². The summed E-state index contributed by atoms with van der Waals surface area (Å²) in [4.78, 5) is 23.7. The maximum absolute atomic E-state index is 11.9. The molecule has 3 aromatic carbocycles. The molecule has 0 aliphatic heterocycles. The highest BCUT2D eigenvalue weighted by molar-refractivity contribution is 6.35. The number of hydrogen-bond acceptors (Lipinski definition) is 4. The lowest BCUT2D eigenvalue weighted by Crippen LogP contribution is -2.20. The summed E-state index contributed by atoms with van der Waals surface area (Å²) >= 11 is 12.3. The standard InChI is InChI=1S/C25H21Cl2NO4/c1-17-5-10-19(11-6-17)28-24(29)16-32-25(30)14-9-18-7-12-20(13-8-18)31-15-21-22(26)3-2-4-23(21)27/h2-14H,15-16H2,1H3,(H,28,29)/b14-9+. The van der Waals surface area contributed by atoms with Gasteiger partial charge in [0.05, 0.1) is 0 Å². The molecule has 164 valence electrons. The van der Waals surface area contributed by atoms with E-state index in [4.69, 9.17) is 32.7 Å². The molecule has 0 aliphatic carbocycles. The molecule has 0 spiro atoms. The monoisotopic (exact) mass is 469 g/mol. The zero-order chi connectivity index (χ0) is 22.9. The van der Waals surface area contributed by atoms with E-state index in [0.717, 1.165) is 11.1 Å². The molecule has 0 saturated carbocycles. The third-order valence-corrected chi connectivity index (χ3v) is 5.13. The summed E-state index contributed by atoms with van der Waals surface area (Å²) in [7, 11) is 0. The Kier molecular flexibility index (Phi) is 8.31. The summed E-state index contributed by atoms with van der Waals surface area (Å²) in [5, 5.41) is 3.75. The molecule has 5 nitrogen and oxygen atoms in total. The van der Waals surface area contributed by atoms with E-state index in [1.54, 1.807) is 60.7 Å². The van der Waals surface area contributed by atoms with Gasteiger partial charge in [-0.1, -0.05) is 59.1 Å². The molecule has 0 radical (unpaired) electrons. The molecule has 1 N–H and O–H groups in total. The molecule has 0 atom stereocenters. The quantitative estimate of drug-likeness (QED) is 0.320. The van der Waals surface area contributed by atoms with Crippen LogP contribution < -0.4 is 10.1 Å². The summed E-state index contributed by atoms with van der Waals surface area (Å²) in [6, 6.07) is 19.7. The Labute approximate surface area is 196 Å². The number of halogens is 2. The molecule has 3 rings (SSSR count). The molecule has 0 bridgehead atoms. The fourth-order valence-electron chi connectivity index (χ4n) is 2.68. The number of amides is 1. The van der Waals surface area contributed by atoms with Gasteiger partial charge in [0.15, 0.2) is 6.61 Å². The van der Waals surface area contributed by atoms with Gasteiger partial charge in [-0.2, -0.15) is 0 Å². The van der Waals surface area contributed by atoms with Crippen LogP contribution in [0.5, 0.6) is 5.75 Å². The van der Waals surface area contributed by atoms with Crippen LogP contribution in [0.3, 0.4) is 0 Å². The maximum Gasteiger partial charge on any atom is 0.331 e. The zero-order valence-electron chi connectivity index (χ0n) is 17.3. The van der Waals surface area contributed by atoms with Crippen molar-refractivity contribution in [3.8, 4) is 5.75 Å². The molecule has 3 aromatic rings. The fourth-order valence-corrected chi connectivity index (χ4v) is 3.19. The Balaban J connectivity index is 1.45. The smallest absolute Gasteiger partial charge is 0.331 e. The van der Waals surface area contributed by atoms with E-state index in [1.165, 1.54) is 6.08 Å². The van der Waals surface area contributed by atoms with Gasteiger partial charge < -0.3 is 14.8 Å². The molecule has 0 fully saturated rings. The van der Waals surface area contributed by atoms with Crippen molar-refractivity contribution in [3.05, 3.63) is 99.5 Å². The number of ether oxygens (including phenoxy) is 2. The lowest BCUT2D eigenvalue weighted by Gasteiger charge is -2.09. The van der Waals surface area contributed by atoms with Gasteiger partial charge >= 0.3 is 5.97 Å². The number of hydrogen-bond donors (Lipinski definition) is 1. The second-order valence-corrected chi connectivity index (χ2v) is 7.73. The Morgan fingerprint density at radius 1 is 0.938 bits per heavy atom. The van der Waals surface area contributed by atoms with Crippen LogP contribution in [-0.4, -0.2) is 18.5 Å². The first-order valence-corrected chi connectivity index (χ1v) is 10.5. The van der Waals surface area contributed by atoms with Gasteiger partial charge in [0.25, 0.3) is 5.91 Å². The van der Waals surface area contributed by atoms with Gasteiger partial charge in [0, 0.05) is 27.4 Å². The number of esters is 1. The highest BCUT2D eigenvalue weighted by Gasteiger charge is 2.07. The second-order valence-electron chi connectivity index (χ2n) is 6.91. The van der Waals surface area contributed by atoms with Crippen LogP contribution in [0.15, 0.2) is 72.8 Å². The normalized spacial score (nSPS) is 10.7. The van der Waals surface area contributed by atoms with E-state index in [1.807, 2.05) is 19.1 Å². The molecular formula is C25H21Cl2NO4. The van der Waals surface area contributed by atoms with Crippen molar-refractivity contribution < 1.29 is 19.1 Å². The van der Waals surface area contributed by atoms with Crippen LogP contribution in [0.2, 0.25) is 10.0 Å². The van der Waals surface area contributed by atoms with E-state index in [9.17, 15) is 9.59 Å². The van der Waals surface area contributed by atoms with Crippen molar-refractivity contribution in [1.82, 2.24) is 0 Å². The van der Waals surface area contributed by atoms with E-state index in [0.29, 0.717) is 27.0 Å². The summed E-state index contributed by atoms with van der Waals surface area (Å²) < 4.78 is 10.7. The SMILES string of the molecule is Cc1ccc(NC(=O)COC(=O)/C=C/c2ccc(OCc3c(Cl)cccc3Cl)cc2)cc1. The van der Waals surface area contributed by atoms with Crippen molar-refractivity contribution in [2.45, 2.75) is 13.5 Å². The Hall–Kier alpha value is -3.28. The molecular weight excluding hydrogens is 449 g/mol. The largest absolute Gasteiger partial charge is 0.489 e. The van der Waals surface area contributed by atoms with Crippen molar-refractivity contribution in [1.29, 1.82) is 0 Å². The predicted octanol–water partition coefficient (Wildman–Crippen LogP) is 6.08. The van der Waals surface area contributed by atoms with Gasteiger partial charge in [0.1, 0.15) is 12.4 Å². The van der Waals surface area contributed by atoms with Crippen LogP contribution >= 0.6 is 23.2 Å². The number of nitrogens with one attached hydrogen (secondary N) is 1. The number of benzene rings is 3. The number of carbonyl (C=O) groups excluding carboxylic acids is 2. The van der Waals surface area contributed by atoms with Gasteiger partial charge in [0.2, 0.25) is 0 Å². The van der Waals surface area contributed by atoms with Crippen LogP contribution in [0.4, 0.5) is 5.69 Å². The van der Waals surface area contributed by atoms with Gasteiger partial charge in [-0.05, 0) is 55.0 Å². The molecule has 1 amide bonds. The fraction of sp³-hybridized carbons (Fsp3) is 0.120. The highest BCUT2D eigenvalue weighted by Crippen LogP contribution is 2.26. The number of carbonyl (C=O) groups is 2. The molecule has 0 aliphatic rings. The van der Waals surface area contributed by atoms with Crippen molar-refractivity contribution in [2.24, 2.45) is 0 Å². The van der Waals surface area contributed by atoms with Gasteiger partial charge in [-0.15, -0.1) is 0 Å². The van der Waals surface area contributed by atoms with Crippen LogP contribution in [0, 0.1) is 6.92 Å². The van der Waals surface area contributed by atoms with Crippen molar-refractivity contribution >= 4 is 46.8 Å². The molecule has 0 heterocycles. The van der Waals surface area contributed by atoms with Crippen molar-refractivity contribution in [2.75, 3.05) is 11.9 Å². The number of rotatable bonds is 8. The molecule has 32 heavy (non-hydrogen) atoms. The van der Waals surface area contributed by atoms with Crippen LogP contribution in [0.1, 0.15) is 16.7 Å². The van der Waals surface area contributed by atoms with E-state index in [-0.39, 0.29) is 13.2 Å². The van der Waals surface area contributed by atoms with Gasteiger partial charge in [-0.25, -0.2) is 4.79 Å². The Bertz CT molecular complexity index is 1090. The minimum Gasteiger partial charge on any atom is -0.489 e. The minimum absolute atomic E-state index is 0.241. The first-order valence-electron chi connectivity index (χ1n) is 9.78. The highest BCUT2D eigenvalue weighted by atomic mass is 35.5. The Morgan fingerprint density at radius 2 is 1.59 bits per heavy atom. The minimum atomic E-state index is -0.613. The Morgan fingerprint density at radius 3 is 2.25 bits per heavy atom. The molecule has 0 saturated heterocycles. The summed E-state index contributed by atoms with van der Waals surface area (Å²) in [6.45, 7) is 1.83. The van der Waals surface area contributed by atoms with Crippen molar-refractivity contribution in [3.63, 3.8) is 0 Å². The number of aryl methyl sites for hydroxylation is 1. The first-order chi connectivity index (χ1) is 15.4. The summed E-state index contributed by atoms with van der Waals surface area (Å²) in [6.07, 6.45) is 2.85. The van der Waals surface area contributed by atoms with Crippen LogP contribution in [-0.2, 0) is 20.9 Å². The van der Waals surface area contributed by atoms with E-state index < -0.39 is 11.9 Å². The third-order valence-electron chi connectivity index (χ3n) is 4.42. The number of anilines is 1. The molecule has 7 heteroatoms. The van der Waals surface area contributed by atoms with Gasteiger partial charge in [-0.3, -0.25) is 4.79 Å². The second kappa shape index (κ2) is 11.4. The lowest BCUT2D eigenvalue weighted by molar-refractivity contribution is -0.142. The van der Waals surface area contributed by atoms with E-state index in [2.05, 4.69) is 5.32 Å². The van der Waals surface area contributed by atoms with E-state index >= 15 is 0 Å². The average Bonchev–Trinajstić information content (AvgIpc) is 2.78. The molecule has 0 aromatic heterocycles. The lowest BCUT2D eigenvalue weighted by atomic mass is 10.2. The first kappa shape index (κ1) is 23.4. The summed E-state index contributed by atoms with van der Waals surface area (Å²) in [5.74, 6) is -0.387. The maximum atomic E-state index is 11.9. The predicted molar refractivity (Wildman–Crippen MR) is 127 cm³/mol. The zero-order valence-corrected chi connectivity index (χ0v) is 18.8. The van der Waals surface area contributed by atoms with Crippen LogP contribution in [0.25, 0.3) is 6.08 Å². The average molecular weight is 470 g/mol. The summed E-state index contributed by atoms with van der Waals surface area (Å²) in [5.41, 5.74) is 3.22.